The van der Waals surface area contributed by atoms with Crippen molar-refractivity contribution in [3.63, 3.8) is 0 Å². The van der Waals surface area contributed by atoms with Gasteiger partial charge in [0.25, 0.3) is 0 Å². The predicted octanol–water partition coefficient (Wildman–Crippen LogP) is 19.7. The quantitative estimate of drug-likeness (QED) is 0.0891. The molecule has 0 heterocycles. The number of allylic oxidation sites excluding steroid dienone is 10. The maximum Gasteiger partial charge on any atom is 0.0540 e. The van der Waals surface area contributed by atoms with Gasteiger partial charge in [0, 0.05) is 39.4 Å². The summed E-state index contributed by atoms with van der Waals surface area (Å²) in [6.07, 6.45) is 18.4. The highest BCUT2D eigenvalue weighted by Crippen LogP contribution is 2.51. The largest absolute Gasteiger partial charge is 0.310 e. The van der Waals surface area contributed by atoms with E-state index in [4.69, 9.17) is 6.58 Å². The molecule has 0 aromatic heterocycles. The van der Waals surface area contributed by atoms with Crippen molar-refractivity contribution in [2.75, 3.05) is 9.80 Å². The van der Waals surface area contributed by atoms with Crippen LogP contribution in [0.2, 0.25) is 0 Å². The summed E-state index contributed by atoms with van der Waals surface area (Å²) < 4.78 is 0. The molecule has 0 radical (unpaired) electrons. The van der Waals surface area contributed by atoms with Gasteiger partial charge in [-0.3, -0.25) is 0 Å². The molecule has 71 heavy (non-hydrogen) atoms. The first kappa shape index (κ1) is 47.1. The lowest BCUT2D eigenvalue weighted by Gasteiger charge is -2.30. The smallest absolute Gasteiger partial charge is 0.0540 e. The molecule has 0 atom stereocenters. The summed E-state index contributed by atoms with van der Waals surface area (Å²) in [5, 5.41) is 4.69. The average Bonchev–Trinajstić information content (AvgIpc) is 3.43. The summed E-state index contributed by atoms with van der Waals surface area (Å²) >= 11 is 0. The van der Waals surface area contributed by atoms with Crippen molar-refractivity contribution in [2.24, 2.45) is 0 Å². The van der Waals surface area contributed by atoms with Gasteiger partial charge in [-0.2, -0.15) is 0 Å². The summed E-state index contributed by atoms with van der Waals surface area (Å²) in [5.41, 5.74) is 17.3. The number of rotatable bonds is 16. The number of fused-ring (bicyclic) bond motifs is 2. The second-order valence-corrected chi connectivity index (χ2v) is 17.2. The second kappa shape index (κ2) is 22.0. The Kier molecular flexibility index (Phi) is 14.6. The lowest BCUT2D eigenvalue weighted by Crippen LogP contribution is -2.18. The molecule has 9 rings (SSSR count). The van der Waals surface area contributed by atoms with E-state index < -0.39 is 0 Å². The van der Waals surface area contributed by atoms with Gasteiger partial charge in [0.2, 0.25) is 0 Å². The minimum absolute atomic E-state index is 0.849. The molecule has 9 aromatic rings. The van der Waals surface area contributed by atoms with Crippen LogP contribution in [0.4, 0.5) is 22.7 Å². The van der Waals surface area contributed by atoms with Gasteiger partial charge in [0.1, 0.15) is 0 Å². The number of hydrogen-bond donors (Lipinski definition) is 0. The van der Waals surface area contributed by atoms with E-state index >= 15 is 0 Å². The van der Waals surface area contributed by atoms with Crippen molar-refractivity contribution in [3.05, 3.63) is 303 Å². The average molecular weight is 915 g/mol. The van der Waals surface area contributed by atoms with Crippen LogP contribution in [0.1, 0.15) is 20.8 Å². The van der Waals surface area contributed by atoms with E-state index in [2.05, 4.69) is 260 Å². The molecule has 9 aromatic carbocycles. The fourth-order valence-electron chi connectivity index (χ4n) is 9.79. The lowest BCUT2D eigenvalue weighted by atomic mass is 9.79. The molecule has 0 aliphatic carbocycles. The molecular weight excluding hydrogens is 857 g/mol. The Morgan fingerprint density at radius 2 is 0.887 bits per heavy atom. The third-order valence-corrected chi connectivity index (χ3v) is 13.0. The Balaban J connectivity index is 1.27. The van der Waals surface area contributed by atoms with Crippen molar-refractivity contribution < 1.29 is 0 Å². The molecule has 0 bridgehead atoms. The molecule has 2 heteroatoms. The predicted molar refractivity (Wildman–Crippen MR) is 309 cm³/mol. The standard InChI is InChI=1S/C69H58N2/c1-7-12-35-57(11-5)71(65-41-26-34-52-29-22-23-38-62(52)65)60-48-44-56(45-49-60)67-64-40-25-24-39-63(64)66(68(53-30-16-13-17-31-53)69(67)54-32-18-14-19-33-54)55-42-46-59(47-43-55)70(58-36-20-15-21-37-58)50(6)61(28-9-3)51(10-4)27-8-2/h7-49H,3,5-6H2,1-2,4H3/b12-7-,27-8-,51-10?,57-35+,61-28-. The van der Waals surface area contributed by atoms with Crippen LogP contribution in [0.25, 0.3) is 66.1 Å². The maximum atomic E-state index is 4.73. The first-order valence-electron chi connectivity index (χ1n) is 24.3. The van der Waals surface area contributed by atoms with Crippen LogP contribution in [-0.2, 0) is 0 Å². The number of para-hydroxylation sites is 1. The molecule has 0 fully saturated rings. The molecule has 2 nitrogen and oxygen atoms in total. The van der Waals surface area contributed by atoms with Gasteiger partial charge in [-0.1, -0.05) is 226 Å². The summed E-state index contributed by atoms with van der Waals surface area (Å²) in [4.78, 5) is 4.55. The molecule has 0 aliphatic heterocycles. The van der Waals surface area contributed by atoms with Crippen LogP contribution in [0, 0.1) is 0 Å². The molecule has 0 aliphatic rings. The third-order valence-electron chi connectivity index (χ3n) is 13.0. The van der Waals surface area contributed by atoms with E-state index in [1.165, 1.54) is 43.8 Å². The number of nitrogens with zero attached hydrogens (tertiary/aromatic N) is 2. The summed E-state index contributed by atoms with van der Waals surface area (Å²) in [6, 6.07) is 74.3. The van der Waals surface area contributed by atoms with Crippen molar-refractivity contribution >= 4 is 44.3 Å². The van der Waals surface area contributed by atoms with Crippen molar-refractivity contribution in [2.45, 2.75) is 20.8 Å². The minimum atomic E-state index is 0.849. The van der Waals surface area contributed by atoms with Gasteiger partial charge in [-0.25, -0.2) is 0 Å². The molecule has 0 saturated carbocycles. The van der Waals surface area contributed by atoms with Gasteiger partial charge in [-0.05, 0) is 142 Å². The normalized spacial score (nSPS) is 12.2. The number of anilines is 4. The third kappa shape index (κ3) is 9.57. The highest BCUT2D eigenvalue weighted by molar-refractivity contribution is 6.18. The van der Waals surface area contributed by atoms with Gasteiger partial charge >= 0.3 is 0 Å². The zero-order valence-electron chi connectivity index (χ0n) is 40.8. The fraction of sp³-hybridized carbons (Fsp3) is 0.0435. The molecular formula is C69H58N2. The van der Waals surface area contributed by atoms with E-state index in [0.29, 0.717) is 0 Å². The zero-order valence-corrected chi connectivity index (χ0v) is 40.8. The van der Waals surface area contributed by atoms with E-state index in [0.717, 1.165) is 67.5 Å². The Hall–Kier alpha value is -8.98. The Morgan fingerprint density at radius 3 is 1.39 bits per heavy atom. The molecule has 0 saturated heterocycles. The van der Waals surface area contributed by atoms with Crippen LogP contribution >= 0.6 is 0 Å². The second-order valence-electron chi connectivity index (χ2n) is 17.2. The highest BCUT2D eigenvalue weighted by Gasteiger charge is 2.25. The van der Waals surface area contributed by atoms with E-state index in [-0.39, 0.29) is 0 Å². The van der Waals surface area contributed by atoms with Crippen molar-refractivity contribution in [3.8, 4) is 44.5 Å². The van der Waals surface area contributed by atoms with Gasteiger partial charge in [-0.15, -0.1) is 0 Å². The van der Waals surface area contributed by atoms with Crippen LogP contribution in [0.3, 0.4) is 0 Å². The van der Waals surface area contributed by atoms with Crippen molar-refractivity contribution in [1.82, 2.24) is 0 Å². The first-order chi connectivity index (χ1) is 35.0. The van der Waals surface area contributed by atoms with E-state index in [9.17, 15) is 0 Å². The monoisotopic (exact) mass is 914 g/mol. The molecule has 0 unspecified atom stereocenters. The highest BCUT2D eigenvalue weighted by atomic mass is 15.2. The van der Waals surface area contributed by atoms with Crippen LogP contribution in [0.15, 0.2) is 303 Å². The molecule has 0 amide bonds. The Labute approximate surface area is 420 Å². The SMILES string of the molecule is C=C/C=C(/C(=C)N(c1ccccc1)c1ccc(-c2c(-c3ccccc3)c(-c3ccccc3)c(-c3ccc(N(/C(C=C)=C/C=C\C)c4cccc5ccccc45)cc3)c3ccccc23)cc1)C(=CC)/C=C\C. The summed E-state index contributed by atoms with van der Waals surface area (Å²) in [6.45, 7) is 19.2. The topological polar surface area (TPSA) is 6.48 Å². The van der Waals surface area contributed by atoms with Crippen LogP contribution < -0.4 is 9.80 Å². The lowest BCUT2D eigenvalue weighted by molar-refractivity contribution is 1.18. The molecule has 0 spiro atoms. The van der Waals surface area contributed by atoms with Crippen molar-refractivity contribution in [1.29, 1.82) is 0 Å². The van der Waals surface area contributed by atoms with Crippen LogP contribution in [0.5, 0.6) is 0 Å². The number of hydrogen-bond acceptors (Lipinski definition) is 2. The fourth-order valence-corrected chi connectivity index (χ4v) is 9.79. The Bertz CT molecular complexity index is 3510. The summed E-state index contributed by atoms with van der Waals surface area (Å²) in [5.74, 6) is 0. The van der Waals surface area contributed by atoms with E-state index in [1.54, 1.807) is 0 Å². The van der Waals surface area contributed by atoms with Crippen LogP contribution in [-0.4, -0.2) is 0 Å². The molecule has 344 valence electrons. The molecule has 0 N–H and O–H groups in total. The number of benzene rings is 9. The van der Waals surface area contributed by atoms with E-state index in [1.807, 2.05) is 44.2 Å². The Morgan fingerprint density at radius 1 is 0.423 bits per heavy atom. The van der Waals surface area contributed by atoms with Gasteiger partial charge in [0.15, 0.2) is 0 Å². The first-order valence-corrected chi connectivity index (χ1v) is 24.3. The maximum absolute atomic E-state index is 4.73. The van der Waals surface area contributed by atoms with Gasteiger partial charge in [0.05, 0.1) is 5.69 Å². The minimum Gasteiger partial charge on any atom is -0.310 e. The summed E-state index contributed by atoms with van der Waals surface area (Å²) in [7, 11) is 0. The zero-order chi connectivity index (χ0) is 49.1. The van der Waals surface area contributed by atoms with Gasteiger partial charge < -0.3 is 9.80 Å².